The Labute approximate surface area is 112 Å². The highest BCUT2D eigenvalue weighted by Crippen LogP contribution is 2.35. The van der Waals surface area contributed by atoms with E-state index in [9.17, 15) is 5.11 Å². The van der Waals surface area contributed by atoms with Gasteiger partial charge < -0.3 is 10.0 Å². The van der Waals surface area contributed by atoms with Crippen molar-refractivity contribution in [3.63, 3.8) is 0 Å². The molecule has 0 bridgehead atoms. The highest BCUT2D eigenvalue weighted by Gasteiger charge is 2.30. The lowest BCUT2D eigenvalue weighted by Gasteiger charge is -2.26. The molecule has 1 aliphatic carbocycles. The minimum absolute atomic E-state index is 0.115. The second-order valence-corrected chi connectivity index (χ2v) is 5.76. The summed E-state index contributed by atoms with van der Waals surface area (Å²) in [6.07, 6.45) is 2.54. The number of anilines is 1. The van der Waals surface area contributed by atoms with E-state index in [1.807, 2.05) is 12.1 Å². The van der Waals surface area contributed by atoms with Crippen LogP contribution in [0.1, 0.15) is 23.3 Å². The van der Waals surface area contributed by atoms with Gasteiger partial charge in [0.2, 0.25) is 0 Å². The molecule has 1 N–H and O–H groups in total. The van der Waals surface area contributed by atoms with E-state index in [4.69, 9.17) is 0 Å². The molecule has 1 heterocycles. The number of para-hydroxylation sites is 1. The molecule has 0 spiro atoms. The van der Waals surface area contributed by atoms with E-state index >= 15 is 0 Å². The standard InChI is InChI=1S/C15H17NOS/c17-11-12-4-1-2-6-15(12)16(13-7-8-13)10-14-5-3-9-18-14/h1-6,9,13,17H,7-8,10-11H2. The first-order valence-corrected chi connectivity index (χ1v) is 7.24. The molecule has 18 heavy (non-hydrogen) atoms. The van der Waals surface area contributed by atoms with E-state index in [1.165, 1.54) is 23.4 Å². The summed E-state index contributed by atoms with van der Waals surface area (Å²) in [5, 5.41) is 11.6. The SMILES string of the molecule is OCc1ccccc1N(Cc1cccs1)C1CC1. The normalized spacial score (nSPS) is 14.7. The predicted octanol–water partition coefficient (Wildman–Crippen LogP) is 3.41. The van der Waals surface area contributed by atoms with Crippen molar-refractivity contribution in [3.8, 4) is 0 Å². The molecule has 1 aromatic heterocycles. The molecule has 0 radical (unpaired) electrons. The molecular weight excluding hydrogens is 242 g/mol. The van der Waals surface area contributed by atoms with Crippen molar-refractivity contribution in [1.82, 2.24) is 0 Å². The zero-order valence-electron chi connectivity index (χ0n) is 10.2. The van der Waals surface area contributed by atoms with Gasteiger partial charge in [0.25, 0.3) is 0 Å². The van der Waals surface area contributed by atoms with Crippen LogP contribution in [0.3, 0.4) is 0 Å². The number of nitrogens with zero attached hydrogens (tertiary/aromatic N) is 1. The molecule has 2 nitrogen and oxygen atoms in total. The third-order valence-corrected chi connectivity index (χ3v) is 4.23. The van der Waals surface area contributed by atoms with Crippen LogP contribution in [0.15, 0.2) is 41.8 Å². The van der Waals surface area contributed by atoms with Gasteiger partial charge in [-0.2, -0.15) is 0 Å². The molecule has 3 heteroatoms. The number of aliphatic hydroxyl groups is 1. The van der Waals surface area contributed by atoms with Gasteiger partial charge in [0, 0.05) is 22.2 Å². The van der Waals surface area contributed by atoms with Crippen molar-refractivity contribution < 1.29 is 5.11 Å². The van der Waals surface area contributed by atoms with Crippen LogP contribution in [0.2, 0.25) is 0 Å². The second kappa shape index (κ2) is 5.12. The maximum atomic E-state index is 9.47. The lowest BCUT2D eigenvalue weighted by Crippen LogP contribution is -2.25. The van der Waals surface area contributed by atoms with E-state index in [1.54, 1.807) is 11.3 Å². The van der Waals surface area contributed by atoms with E-state index < -0.39 is 0 Å². The van der Waals surface area contributed by atoms with Gasteiger partial charge in [0.1, 0.15) is 0 Å². The number of benzene rings is 1. The van der Waals surface area contributed by atoms with Crippen LogP contribution in [0.25, 0.3) is 0 Å². The molecule has 1 aliphatic rings. The first kappa shape index (κ1) is 11.8. The lowest BCUT2D eigenvalue weighted by atomic mass is 10.1. The Kier molecular flexibility index (Phi) is 3.35. The summed E-state index contributed by atoms with van der Waals surface area (Å²) in [5.41, 5.74) is 2.22. The van der Waals surface area contributed by atoms with Gasteiger partial charge in [-0.05, 0) is 30.4 Å². The molecular formula is C15H17NOS. The minimum atomic E-state index is 0.115. The van der Waals surface area contributed by atoms with Crippen LogP contribution in [0.4, 0.5) is 5.69 Å². The maximum Gasteiger partial charge on any atom is 0.0702 e. The average molecular weight is 259 g/mol. The van der Waals surface area contributed by atoms with Crippen molar-refractivity contribution in [2.45, 2.75) is 32.0 Å². The van der Waals surface area contributed by atoms with Crippen molar-refractivity contribution in [2.75, 3.05) is 4.90 Å². The molecule has 0 saturated heterocycles. The fraction of sp³-hybridized carbons (Fsp3) is 0.333. The lowest BCUT2D eigenvalue weighted by molar-refractivity contribution is 0.282. The van der Waals surface area contributed by atoms with Gasteiger partial charge in [-0.1, -0.05) is 24.3 Å². The zero-order chi connectivity index (χ0) is 12.4. The van der Waals surface area contributed by atoms with Gasteiger partial charge in [-0.25, -0.2) is 0 Å². The monoisotopic (exact) mass is 259 g/mol. The van der Waals surface area contributed by atoms with Gasteiger partial charge in [0.05, 0.1) is 13.2 Å². The quantitative estimate of drug-likeness (QED) is 0.889. The summed E-state index contributed by atoms with van der Waals surface area (Å²) >= 11 is 1.80. The van der Waals surface area contributed by atoms with Crippen molar-refractivity contribution in [3.05, 3.63) is 52.2 Å². The molecule has 2 aromatic rings. The third kappa shape index (κ3) is 2.42. The van der Waals surface area contributed by atoms with Crippen LogP contribution in [0, 0.1) is 0 Å². The van der Waals surface area contributed by atoms with Crippen LogP contribution in [-0.4, -0.2) is 11.1 Å². The summed E-state index contributed by atoms with van der Waals surface area (Å²) < 4.78 is 0. The Balaban J connectivity index is 1.89. The van der Waals surface area contributed by atoms with Gasteiger partial charge in [-0.3, -0.25) is 0 Å². The Morgan fingerprint density at radius 3 is 2.67 bits per heavy atom. The average Bonchev–Trinajstić information content (AvgIpc) is 3.13. The number of hydrogen-bond acceptors (Lipinski definition) is 3. The molecule has 0 atom stereocenters. The molecule has 1 aromatic carbocycles. The van der Waals surface area contributed by atoms with Crippen molar-refractivity contribution in [1.29, 1.82) is 0 Å². The van der Waals surface area contributed by atoms with E-state index in [0.717, 1.165) is 12.1 Å². The van der Waals surface area contributed by atoms with Crippen molar-refractivity contribution in [2.24, 2.45) is 0 Å². The zero-order valence-corrected chi connectivity index (χ0v) is 11.1. The summed E-state index contributed by atoms with van der Waals surface area (Å²) in [7, 11) is 0. The van der Waals surface area contributed by atoms with Crippen LogP contribution < -0.4 is 4.90 Å². The predicted molar refractivity (Wildman–Crippen MR) is 75.9 cm³/mol. The largest absolute Gasteiger partial charge is 0.392 e. The Morgan fingerprint density at radius 1 is 1.17 bits per heavy atom. The second-order valence-electron chi connectivity index (χ2n) is 4.73. The van der Waals surface area contributed by atoms with E-state index in [0.29, 0.717) is 6.04 Å². The Morgan fingerprint density at radius 2 is 2.00 bits per heavy atom. The molecule has 0 amide bonds. The van der Waals surface area contributed by atoms with Gasteiger partial charge in [0.15, 0.2) is 0 Å². The summed E-state index contributed by atoms with van der Waals surface area (Å²) in [4.78, 5) is 3.83. The summed E-state index contributed by atoms with van der Waals surface area (Å²) in [5.74, 6) is 0. The molecule has 1 fully saturated rings. The molecule has 1 saturated carbocycles. The van der Waals surface area contributed by atoms with E-state index in [2.05, 4.69) is 34.5 Å². The summed E-state index contributed by atoms with van der Waals surface area (Å²) in [6.45, 7) is 1.07. The highest BCUT2D eigenvalue weighted by atomic mass is 32.1. The van der Waals surface area contributed by atoms with Gasteiger partial charge in [-0.15, -0.1) is 11.3 Å². The Bertz CT molecular complexity index is 505. The smallest absolute Gasteiger partial charge is 0.0702 e. The number of hydrogen-bond donors (Lipinski definition) is 1. The minimum Gasteiger partial charge on any atom is -0.392 e. The molecule has 94 valence electrons. The first-order valence-electron chi connectivity index (χ1n) is 6.36. The number of rotatable bonds is 5. The summed E-state index contributed by atoms with van der Waals surface area (Å²) in [6, 6.07) is 13.1. The number of aliphatic hydroxyl groups excluding tert-OH is 1. The fourth-order valence-corrected chi connectivity index (χ4v) is 3.00. The van der Waals surface area contributed by atoms with Crippen LogP contribution >= 0.6 is 11.3 Å². The van der Waals surface area contributed by atoms with Crippen molar-refractivity contribution >= 4 is 17.0 Å². The van der Waals surface area contributed by atoms with Crippen LogP contribution in [-0.2, 0) is 13.2 Å². The first-order chi connectivity index (χ1) is 8.88. The molecule has 3 rings (SSSR count). The topological polar surface area (TPSA) is 23.5 Å². The van der Waals surface area contributed by atoms with Gasteiger partial charge >= 0.3 is 0 Å². The highest BCUT2D eigenvalue weighted by molar-refractivity contribution is 7.09. The van der Waals surface area contributed by atoms with E-state index in [-0.39, 0.29) is 6.61 Å². The molecule has 0 aliphatic heterocycles. The Hall–Kier alpha value is -1.32. The number of thiophene rings is 1. The maximum absolute atomic E-state index is 9.47. The van der Waals surface area contributed by atoms with Crippen LogP contribution in [0.5, 0.6) is 0 Å². The third-order valence-electron chi connectivity index (χ3n) is 3.37. The molecule has 0 unspecified atom stereocenters. The fourth-order valence-electron chi connectivity index (χ4n) is 2.29.